The predicted octanol–water partition coefficient (Wildman–Crippen LogP) is -1.89. The topological polar surface area (TPSA) is 109 Å². The Hall–Kier alpha value is -0.700. The summed E-state index contributed by atoms with van der Waals surface area (Å²) in [7, 11) is 0. The maximum Gasteiger partial charge on any atom is 0.187 e. The zero-order valence-electron chi connectivity index (χ0n) is 9.81. The van der Waals surface area contributed by atoms with Crippen molar-refractivity contribution in [2.75, 3.05) is 13.2 Å². The second-order valence-corrected chi connectivity index (χ2v) is 4.51. The lowest BCUT2D eigenvalue weighted by molar-refractivity contribution is -0.310. The zero-order valence-corrected chi connectivity index (χ0v) is 9.81. The van der Waals surface area contributed by atoms with Crippen LogP contribution in [0, 0.1) is 0 Å². The van der Waals surface area contributed by atoms with Crippen LogP contribution in [-0.2, 0) is 14.2 Å². The van der Waals surface area contributed by atoms with E-state index < -0.39 is 37.3 Å². The summed E-state index contributed by atoms with van der Waals surface area (Å²) in [5, 5.41) is 37.9. The van der Waals surface area contributed by atoms with E-state index in [1.54, 1.807) is 0 Å². The molecule has 2 unspecified atom stereocenters. The van der Waals surface area contributed by atoms with E-state index in [9.17, 15) is 15.3 Å². The highest BCUT2D eigenvalue weighted by Crippen LogP contribution is 2.26. The van der Waals surface area contributed by atoms with Crippen molar-refractivity contribution in [3.8, 4) is 0 Å². The van der Waals surface area contributed by atoms with Gasteiger partial charge in [-0.15, -0.1) is 0 Å². The molecule has 18 heavy (non-hydrogen) atoms. The number of ether oxygens (including phenoxy) is 3. The van der Waals surface area contributed by atoms with Gasteiger partial charge in [-0.1, -0.05) is 6.58 Å². The summed E-state index contributed by atoms with van der Waals surface area (Å²) in [6.45, 7) is 3.47. The molecule has 0 spiro atoms. The van der Waals surface area contributed by atoms with E-state index in [-0.39, 0.29) is 6.10 Å². The Labute approximate surface area is 104 Å². The molecule has 0 aliphatic carbocycles. The first-order valence-corrected chi connectivity index (χ1v) is 5.79. The first kappa shape index (κ1) is 13.7. The van der Waals surface area contributed by atoms with E-state index in [4.69, 9.17) is 19.3 Å². The Morgan fingerprint density at radius 2 is 1.94 bits per heavy atom. The third kappa shape index (κ3) is 2.66. The molecule has 7 nitrogen and oxygen atoms in total. The molecule has 4 N–H and O–H groups in total. The summed E-state index contributed by atoms with van der Waals surface area (Å²) in [6, 6.07) is 0. The zero-order chi connectivity index (χ0) is 13.3. The summed E-state index contributed by atoms with van der Waals surface area (Å²) in [4.78, 5) is 0. The van der Waals surface area contributed by atoms with Crippen LogP contribution in [0.2, 0.25) is 0 Å². The molecule has 0 aromatic rings. The highest BCUT2D eigenvalue weighted by Gasteiger charge is 2.45. The molecule has 0 saturated carbocycles. The van der Waals surface area contributed by atoms with Gasteiger partial charge in [0.2, 0.25) is 0 Å². The molecule has 2 aliphatic heterocycles. The van der Waals surface area contributed by atoms with Crippen molar-refractivity contribution in [1.29, 1.82) is 0 Å². The molecular formula is C11H18O7. The SMILES string of the molecule is C=C1CC(OC2O[C@H](CO)[C@@H](O)[C@H](O)[C@H]2O)CO1. The highest BCUT2D eigenvalue weighted by atomic mass is 16.7. The van der Waals surface area contributed by atoms with E-state index >= 15 is 0 Å². The van der Waals surface area contributed by atoms with Crippen LogP contribution in [0.4, 0.5) is 0 Å². The highest BCUT2D eigenvalue weighted by molar-refractivity contribution is 4.94. The van der Waals surface area contributed by atoms with Gasteiger partial charge in [-0.3, -0.25) is 0 Å². The molecule has 104 valence electrons. The normalized spacial score (nSPS) is 45.0. The van der Waals surface area contributed by atoms with Gasteiger partial charge in [-0.05, 0) is 0 Å². The van der Waals surface area contributed by atoms with E-state index in [1.165, 1.54) is 0 Å². The van der Waals surface area contributed by atoms with Gasteiger partial charge in [0.05, 0.1) is 12.4 Å². The largest absolute Gasteiger partial charge is 0.496 e. The van der Waals surface area contributed by atoms with Crippen LogP contribution in [-0.4, -0.2) is 70.4 Å². The molecule has 6 atom stereocenters. The van der Waals surface area contributed by atoms with Gasteiger partial charge in [-0.25, -0.2) is 0 Å². The third-order valence-electron chi connectivity index (χ3n) is 3.10. The Bertz CT molecular complexity index is 306. The number of rotatable bonds is 3. The van der Waals surface area contributed by atoms with Gasteiger partial charge < -0.3 is 34.6 Å². The smallest absolute Gasteiger partial charge is 0.187 e. The standard InChI is InChI=1S/C11H18O7/c1-5-2-6(4-16-5)17-11-10(15)9(14)8(13)7(3-12)18-11/h6-15H,1-4H2/t6?,7-,8-,9+,10-,11?/m1/s1. The van der Waals surface area contributed by atoms with Gasteiger partial charge in [-0.2, -0.15) is 0 Å². The first-order chi connectivity index (χ1) is 8.52. The lowest BCUT2D eigenvalue weighted by Crippen LogP contribution is -2.59. The Kier molecular flexibility index (Phi) is 4.21. The fraction of sp³-hybridized carbons (Fsp3) is 0.818. The molecule has 2 aliphatic rings. The summed E-state index contributed by atoms with van der Waals surface area (Å²) in [5.74, 6) is 0.588. The average Bonchev–Trinajstić information content (AvgIpc) is 2.75. The lowest BCUT2D eigenvalue weighted by Gasteiger charge is -2.40. The van der Waals surface area contributed by atoms with Gasteiger partial charge in [0.1, 0.15) is 37.1 Å². The Morgan fingerprint density at radius 3 is 2.50 bits per heavy atom. The summed E-state index contributed by atoms with van der Waals surface area (Å²) in [5.41, 5.74) is 0. The molecule has 7 heteroatoms. The van der Waals surface area contributed by atoms with Crippen LogP contribution in [0.5, 0.6) is 0 Å². The molecule has 2 heterocycles. The van der Waals surface area contributed by atoms with Crippen LogP contribution in [0.3, 0.4) is 0 Å². The fourth-order valence-corrected chi connectivity index (χ4v) is 2.04. The maximum atomic E-state index is 9.74. The van der Waals surface area contributed by atoms with Crippen LogP contribution in [0.25, 0.3) is 0 Å². The number of aliphatic hydroxyl groups is 4. The predicted molar refractivity (Wildman–Crippen MR) is 58.3 cm³/mol. The Balaban J connectivity index is 1.96. The second-order valence-electron chi connectivity index (χ2n) is 4.51. The van der Waals surface area contributed by atoms with E-state index in [1.807, 2.05) is 0 Å². The molecule has 0 radical (unpaired) electrons. The monoisotopic (exact) mass is 262 g/mol. The number of hydrogen-bond acceptors (Lipinski definition) is 7. The van der Waals surface area contributed by atoms with E-state index in [0.29, 0.717) is 18.8 Å². The van der Waals surface area contributed by atoms with Gasteiger partial charge in [0, 0.05) is 6.42 Å². The van der Waals surface area contributed by atoms with Crippen molar-refractivity contribution in [3.63, 3.8) is 0 Å². The summed E-state index contributed by atoms with van der Waals surface area (Å²) >= 11 is 0. The van der Waals surface area contributed by atoms with Crippen molar-refractivity contribution in [1.82, 2.24) is 0 Å². The maximum absolute atomic E-state index is 9.74. The third-order valence-corrected chi connectivity index (χ3v) is 3.10. The number of hydrogen-bond donors (Lipinski definition) is 4. The van der Waals surface area contributed by atoms with Crippen LogP contribution < -0.4 is 0 Å². The van der Waals surface area contributed by atoms with Gasteiger partial charge in [0.25, 0.3) is 0 Å². The Morgan fingerprint density at radius 1 is 1.22 bits per heavy atom. The molecule has 2 saturated heterocycles. The fourth-order valence-electron chi connectivity index (χ4n) is 2.04. The average molecular weight is 262 g/mol. The van der Waals surface area contributed by atoms with Crippen LogP contribution in [0.15, 0.2) is 12.3 Å². The molecular weight excluding hydrogens is 244 g/mol. The van der Waals surface area contributed by atoms with E-state index in [2.05, 4.69) is 6.58 Å². The molecule has 0 aromatic heterocycles. The minimum Gasteiger partial charge on any atom is -0.496 e. The molecule has 2 rings (SSSR count). The molecule has 0 amide bonds. The van der Waals surface area contributed by atoms with Gasteiger partial charge in [0.15, 0.2) is 6.29 Å². The summed E-state index contributed by atoms with van der Waals surface area (Å²) in [6.07, 6.45) is -6.09. The first-order valence-electron chi connectivity index (χ1n) is 5.79. The van der Waals surface area contributed by atoms with Crippen molar-refractivity contribution >= 4 is 0 Å². The van der Waals surface area contributed by atoms with E-state index in [0.717, 1.165) is 0 Å². The van der Waals surface area contributed by atoms with Crippen molar-refractivity contribution in [2.45, 2.75) is 43.2 Å². The molecule has 2 fully saturated rings. The lowest BCUT2D eigenvalue weighted by atomic mass is 9.99. The van der Waals surface area contributed by atoms with Crippen molar-refractivity contribution in [3.05, 3.63) is 12.3 Å². The van der Waals surface area contributed by atoms with Crippen molar-refractivity contribution < 1.29 is 34.6 Å². The molecule has 0 aromatic carbocycles. The van der Waals surface area contributed by atoms with Gasteiger partial charge >= 0.3 is 0 Å². The minimum absolute atomic E-state index is 0.299. The summed E-state index contributed by atoms with van der Waals surface area (Å²) < 4.78 is 15.8. The quantitative estimate of drug-likeness (QED) is 0.470. The molecule has 0 bridgehead atoms. The number of aliphatic hydroxyl groups excluding tert-OH is 4. The second kappa shape index (κ2) is 5.52. The van der Waals surface area contributed by atoms with Crippen molar-refractivity contribution in [2.24, 2.45) is 0 Å². The minimum atomic E-state index is -1.42. The van der Waals surface area contributed by atoms with Crippen LogP contribution in [0.1, 0.15) is 6.42 Å². The van der Waals surface area contributed by atoms with Crippen LogP contribution >= 0.6 is 0 Å².